The van der Waals surface area contributed by atoms with Gasteiger partial charge in [0, 0.05) is 30.7 Å². The lowest BCUT2D eigenvalue weighted by molar-refractivity contribution is -0.136. The monoisotopic (exact) mass is 429 g/mol. The van der Waals surface area contributed by atoms with Crippen molar-refractivity contribution in [1.82, 2.24) is 19.6 Å². The van der Waals surface area contributed by atoms with Gasteiger partial charge in [-0.1, -0.05) is 11.6 Å². The Morgan fingerprint density at radius 1 is 1.17 bits per heavy atom. The van der Waals surface area contributed by atoms with Crippen LogP contribution >= 0.6 is 11.6 Å². The molecule has 3 rings (SSSR count). The second-order valence-electron chi connectivity index (χ2n) is 6.35. The number of alkyl halides is 3. The van der Waals surface area contributed by atoms with Gasteiger partial charge in [-0.15, -0.1) is 0 Å². The second-order valence-corrected chi connectivity index (χ2v) is 6.79. The average Bonchev–Trinajstić information content (AvgIpc) is 3.06. The Bertz CT molecular complexity index is 1000. The van der Waals surface area contributed by atoms with Gasteiger partial charge in [-0.25, -0.2) is 4.98 Å². The van der Waals surface area contributed by atoms with Gasteiger partial charge in [-0.3, -0.25) is 0 Å². The molecule has 0 aliphatic heterocycles. The minimum absolute atomic E-state index is 0.0183. The van der Waals surface area contributed by atoms with Crippen molar-refractivity contribution in [2.45, 2.75) is 19.0 Å². The lowest BCUT2D eigenvalue weighted by Crippen LogP contribution is -2.14. The number of anilines is 2. The molecule has 0 bridgehead atoms. The molecule has 0 saturated carbocycles. The molecule has 0 aliphatic rings. The van der Waals surface area contributed by atoms with Crippen molar-refractivity contribution in [2.75, 3.05) is 32.8 Å². The molecule has 0 saturated heterocycles. The Morgan fingerprint density at radius 3 is 2.48 bits per heavy atom. The van der Waals surface area contributed by atoms with E-state index in [9.17, 15) is 13.2 Å². The van der Waals surface area contributed by atoms with Crippen molar-refractivity contribution in [2.24, 2.45) is 0 Å². The molecule has 29 heavy (non-hydrogen) atoms. The third-order valence-corrected chi connectivity index (χ3v) is 4.45. The molecule has 3 aromatic rings. The Balaban J connectivity index is 2.08. The van der Waals surface area contributed by atoms with Crippen molar-refractivity contribution in [1.29, 1.82) is 0 Å². The van der Waals surface area contributed by atoms with Crippen LogP contribution < -0.4 is 5.32 Å². The molecule has 7 nitrogen and oxygen atoms in total. The van der Waals surface area contributed by atoms with E-state index in [2.05, 4.69) is 20.4 Å². The number of hydrogen-bond donors (Lipinski definition) is 1. The highest BCUT2D eigenvalue weighted by Crippen LogP contribution is 2.37. The van der Waals surface area contributed by atoms with Crippen LogP contribution in [0, 0.1) is 6.92 Å². The minimum Gasteiger partial charge on any atom is -0.384 e. The molecule has 0 unspecified atom stereocenters. The lowest BCUT2D eigenvalue weighted by Gasteiger charge is -2.16. The Hall–Kier alpha value is -2.43. The summed E-state index contributed by atoms with van der Waals surface area (Å²) in [4.78, 5) is 8.63. The largest absolute Gasteiger partial charge is 0.418 e. The number of ether oxygens (including phenoxy) is 2. The topological polar surface area (TPSA) is 73.6 Å². The van der Waals surface area contributed by atoms with Crippen molar-refractivity contribution >= 4 is 28.9 Å². The number of nitrogens with zero attached hydrogens (tertiary/aromatic N) is 4. The van der Waals surface area contributed by atoms with Crippen LogP contribution in [0.2, 0.25) is 5.02 Å². The zero-order valence-electron chi connectivity index (χ0n) is 15.9. The van der Waals surface area contributed by atoms with E-state index in [1.165, 1.54) is 16.6 Å². The van der Waals surface area contributed by atoms with Gasteiger partial charge in [0.25, 0.3) is 0 Å². The molecule has 2 aromatic heterocycles. The van der Waals surface area contributed by atoms with Gasteiger partial charge in [0.05, 0.1) is 30.7 Å². The summed E-state index contributed by atoms with van der Waals surface area (Å²) in [5.41, 5.74) is 0.109. The smallest absolute Gasteiger partial charge is 0.384 e. The number of hydrogen-bond acceptors (Lipinski definition) is 6. The molecule has 0 aliphatic carbocycles. The first-order chi connectivity index (χ1) is 13.7. The summed E-state index contributed by atoms with van der Waals surface area (Å²) in [6.07, 6.45) is -3.00. The minimum atomic E-state index is -4.59. The summed E-state index contributed by atoms with van der Waals surface area (Å²) in [6, 6.07) is 3.47. The van der Waals surface area contributed by atoms with Gasteiger partial charge < -0.3 is 14.8 Å². The van der Waals surface area contributed by atoms with Gasteiger partial charge in [-0.2, -0.15) is 27.8 Å². The summed E-state index contributed by atoms with van der Waals surface area (Å²) < 4.78 is 52.1. The number of fused-ring (bicyclic) bond motifs is 1. The quantitative estimate of drug-likeness (QED) is 0.606. The molecule has 11 heteroatoms. The predicted octanol–water partition coefficient (Wildman–Crippen LogP) is 4.22. The summed E-state index contributed by atoms with van der Waals surface area (Å²) in [5, 5.41) is 6.96. The number of benzene rings is 1. The maximum Gasteiger partial charge on any atom is 0.418 e. The van der Waals surface area contributed by atoms with Crippen LogP contribution in [0.1, 0.15) is 22.9 Å². The number of aryl methyl sites for hydroxylation is 1. The fourth-order valence-electron chi connectivity index (χ4n) is 2.98. The molecule has 0 fully saturated rings. The molecular weight excluding hydrogens is 411 g/mol. The van der Waals surface area contributed by atoms with Crippen LogP contribution in [0.5, 0.6) is 0 Å². The Morgan fingerprint density at radius 2 is 1.86 bits per heavy atom. The molecule has 156 valence electrons. The standard InChI is InChI=1S/C18H19ClF3N5O2/c1-10-24-16-13(11(8-28-2)9-29-3)7-23-27(16)17(25-10)26-15-5-4-12(19)6-14(15)18(20,21)22/h4-7,11H,8-9H2,1-3H3,(H,24,25,26). The molecule has 1 aromatic carbocycles. The van der Waals surface area contributed by atoms with Crippen molar-refractivity contribution < 1.29 is 22.6 Å². The predicted molar refractivity (Wildman–Crippen MR) is 102 cm³/mol. The fourth-order valence-corrected chi connectivity index (χ4v) is 3.15. The number of methoxy groups -OCH3 is 2. The first-order valence-corrected chi connectivity index (χ1v) is 8.96. The van der Waals surface area contributed by atoms with E-state index < -0.39 is 11.7 Å². The van der Waals surface area contributed by atoms with Crippen LogP contribution in [-0.4, -0.2) is 47.0 Å². The lowest BCUT2D eigenvalue weighted by atomic mass is 10.0. The van der Waals surface area contributed by atoms with E-state index in [1.54, 1.807) is 27.3 Å². The van der Waals surface area contributed by atoms with Crippen LogP contribution in [0.15, 0.2) is 24.4 Å². The van der Waals surface area contributed by atoms with Crippen LogP contribution in [-0.2, 0) is 15.7 Å². The molecule has 0 radical (unpaired) electrons. The van der Waals surface area contributed by atoms with Crippen molar-refractivity contribution in [3.05, 3.63) is 46.4 Å². The number of nitrogens with one attached hydrogen (secondary N) is 1. The maximum atomic E-state index is 13.4. The summed E-state index contributed by atoms with van der Waals surface area (Å²) in [7, 11) is 3.14. The van der Waals surface area contributed by atoms with E-state index >= 15 is 0 Å². The fraction of sp³-hybridized carbons (Fsp3) is 0.389. The summed E-state index contributed by atoms with van der Waals surface area (Å²) in [5.74, 6) is 0.323. The molecule has 2 heterocycles. The van der Waals surface area contributed by atoms with Gasteiger partial charge >= 0.3 is 6.18 Å². The molecule has 0 amide bonds. The zero-order chi connectivity index (χ0) is 21.2. The highest BCUT2D eigenvalue weighted by molar-refractivity contribution is 6.30. The van der Waals surface area contributed by atoms with Crippen LogP contribution in [0.3, 0.4) is 0 Å². The Labute approximate surface area is 169 Å². The van der Waals surface area contributed by atoms with E-state index in [1.807, 2.05) is 0 Å². The van der Waals surface area contributed by atoms with Gasteiger partial charge in [0.1, 0.15) is 5.82 Å². The van der Waals surface area contributed by atoms with Gasteiger partial charge in [-0.05, 0) is 25.1 Å². The summed E-state index contributed by atoms with van der Waals surface area (Å²) in [6.45, 7) is 2.39. The molecule has 0 atom stereocenters. The first kappa shape index (κ1) is 21.3. The SMILES string of the molecule is COCC(COC)c1cnn2c(Nc3ccc(Cl)cc3C(F)(F)F)nc(C)nc12. The number of rotatable bonds is 7. The zero-order valence-corrected chi connectivity index (χ0v) is 16.7. The molecular formula is C18H19ClF3N5O2. The third kappa shape index (κ3) is 4.60. The van der Waals surface area contributed by atoms with Gasteiger partial charge in [0.2, 0.25) is 5.95 Å². The van der Waals surface area contributed by atoms with Crippen LogP contribution in [0.25, 0.3) is 5.65 Å². The summed E-state index contributed by atoms with van der Waals surface area (Å²) >= 11 is 5.75. The van der Waals surface area contributed by atoms with Gasteiger partial charge in [0.15, 0.2) is 5.65 Å². The number of aromatic nitrogens is 4. The Kier molecular flexibility index (Phi) is 6.25. The maximum absolute atomic E-state index is 13.4. The first-order valence-electron chi connectivity index (χ1n) is 8.58. The highest BCUT2D eigenvalue weighted by Gasteiger charge is 2.34. The molecule has 1 N–H and O–H groups in total. The van der Waals surface area contributed by atoms with Crippen LogP contribution in [0.4, 0.5) is 24.8 Å². The number of halogens is 4. The normalized spacial score (nSPS) is 12.1. The second kappa shape index (κ2) is 8.52. The highest BCUT2D eigenvalue weighted by atomic mass is 35.5. The van der Waals surface area contributed by atoms with E-state index in [0.717, 1.165) is 11.6 Å². The van der Waals surface area contributed by atoms with Crippen molar-refractivity contribution in [3.8, 4) is 0 Å². The van der Waals surface area contributed by atoms with Crippen molar-refractivity contribution in [3.63, 3.8) is 0 Å². The average molecular weight is 430 g/mol. The molecule has 0 spiro atoms. The third-order valence-electron chi connectivity index (χ3n) is 4.22. The van der Waals surface area contributed by atoms with E-state index in [4.69, 9.17) is 21.1 Å². The van der Waals surface area contributed by atoms with E-state index in [-0.39, 0.29) is 22.6 Å². The van der Waals surface area contributed by atoms with E-state index in [0.29, 0.717) is 24.7 Å².